The van der Waals surface area contributed by atoms with E-state index in [0.29, 0.717) is 24.6 Å². The summed E-state index contributed by atoms with van der Waals surface area (Å²) < 4.78 is 0. The summed E-state index contributed by atoms with van der Waals surface area (Å²) in [5.74, 6) is 0.546. The van der Waals surface area contributed by atoms with Gasteiger partial charge in [0.25, 0.3) is 0 Å². The molecule has 0 aliphatic rings. The number of anilines is 1. The van der Waals surface area contributed by atoms with Crippen LogP contribution < -0.4 is 4.90 Å². The van der Waals surface area contributed by atoms with E-state index in [4.69, 9.17) is 10.4 Å². The van der Waals surface area contributed by atoms with Crippen molar-refractivity contribution in [2.75, 3.05) is 24.6 Å². The molecule has 0 unspecified atom stereocenters. The van der Waals surface area contributed by atoms with Crippen LogP contribution in [0.5, 0.6) is 0 Å². The van der Waals surface area contributed by atoms with Gasteiger partial charge in [0.1, 0.15) is 11.8 Å². The summed E-state index contributed by atoms with van der Waals surface area (Å²) in [4.78, 5) is 10.1. The molecule has 0 amide bonds. The van der Waals surface area contributed by atoms with Crippen molar-refractivity contribution in [3.63, 3.8) is 0 Å². The molecule has 1 N–H and O–H groups in total. The van der Waals surface area contributed by atoms with Gasteiger partial charge >= 0.3 is 0 Å². The molecule has 0 saturated heterocycles. The maximum Gasteiger partial charge on any atom is 0.226 e. The lowest BCUT2D eigenvalue weighted by Crippen LogP contribution is -2.26. The van der Waals surface area contributed by atoms with E-state index in [9.17, 15) is 0 Å². The Morgan fingerprint density at radius 2 is 2.40 bits per heavy atom. The van der Waals surface area contributed by atoms with Crippen molar-refractivity contribution < 1.29 is 5.11 Å². The van der Waals surface area contributed by atoms with Gasteiger partial charge in [-0.3, -0.25) is 0 Å². The Labute approximate surface area is 89.0 Å². The Morgan fingerprint density at radius 3 is 3.00 bits per heavy atom. The fourth-order valence-electron chi connectivity index (χ4n) is 1.22. The molecule has 0 aliphatic heterocycles. The molecule has 0 aliphatic carbocycles. The molecule has 1 aromatic heterocycles. The SMILES string of the molecule is CCN(CCCO)c1nccc(C#N)n1. The molecule has 1 aromatic rings. The van der Waals surface area contributed by atoms with Crippen LogP contribution in [0, 0.1) is 11.3 Å². The number of hydrogen-bond donors (Lipinski definition) is 1. The number of rotatable bonds is 5. The minimum Gasteiger partial charge on any atom is -0.396 e. The first-order chi connectivity index (χ1) is 7.31. The maximum absolute atomic E-state index is 8.74. The van der Waals surface area contributed by atoms with Crippen molar-refractivity contribution in [3.8, 4) is 6.07 Å². The zero-order valence-electron chi connectivity index (χ0n) is 8.72. The Kier molecular flexibility index (Phi) is 4.51. The van der Waals surface area contributed by atoms with E-state index in [-0.39, 0.29) is 6.61 Å². The fourth-order valence-corrected chi connectivity index (χ4v) is 1.22. The van der Waals surface area contributed by atoms with Crippen LogP contribution in [-0.4, -0.2) is 34.8 Å². The van der Waals surface area contributed by atoms with Crippen molar-refractivity contribution in [1.82, 2.24) is 9.97 Å². The van der Waals surface area contributed by atoms with E-state index >= 15 is 0 Å². The van der Waals surface area contributed by atoms with Crippen molar-refractivity contribution in [1.29, 1.82) is 5.26 Å². The quantitative estimate of drug-likeness (QED) is 0.762. The molecule has 1 rings (SSSR count). The predicted molar refractivity (Wildman–Crippen MR) is 56.3 cm³/mol. The fraction of sp³-hybridized carbons (Fsp3) is 0.500. The minimum atomic E-state index is 0.147. The molecule has 0 aromatic carbocycles. The van der Waals surface area contributed by atoms with E-state index in [2.05, 4.69) is 9.97 Å². The van der Waals surface area contributed by atoms with Gasteiger partial charge in [0.05, 0.1) is 0 Å². The first-order valence-corrected chi connectivity index (χ1v) is 4.90. The van der Waals surface area contributed by atoms with Crippen molar-refractivity contribution in [3.05, 3.63) is 18.0 Å². The maximum atomic E-state index is 8.74. The average Bonchev–Trinajstić information content (AvgIpc) is 2.30. The molecule has 1 heterocycles. The highest BCUT2D eigenvalue weighted by Crippen LogP contribution is 2.07. The van der Waals surface area contributed by atoms with E-state index in [1.807, 2.05) is 17.9 Å². The molecule has 0 radical (unpaired) electrons. The summed E-state index contributed by atoms with van der Waals surface area (Å²) in [6, 6.07) is 3.55. The van der Waals surface area contributed by atoms with Gasteiger partial charge in [-0.25, -0.2) is 9.97 Å². The number of nitriles is 1. The van der Waals surface area contributed by atoms with Crippen molar-refractivity contribution >= 4 is 5.95 Å². The van der Waals surface area contributed by atoms with E-state index < -0.39 is 0 Å². The third kappa shape index (κ3) is 3.18. The lowest BCUT2D eigenvalue weighted by molar-refractivity contribution is 0.289. The highest BCUT2D eigenvalue weighted by molar-refractivity contribution is 5.33. The monoisotopic (exact) mass is 206 g/mol. The summed E-state index contributed by atoms with van der Waals surface area (Å²) in [5.41, 5.74) is 0.363. The van der Waals surface area contributed by atoms with Gasteiger partial charge in [0.15, 0.2) is 0 Å². The average molecular weight is 206 g/mol. The molecule has 5 heteroatoms. The van der Waals surface area contributed by atoms with Gasteiger partial charge < -0.3 is 10.0 Å². The van der Waals surface area contributed by atoms with Crippen LogP contribution in [0.1, 0.15) is 19.0 Å². The van der Waals surface area contributed by atoms with E-state index in [1.54, 1.807) is 12.3 Å². The molecule has 0 spiro atoms. The zero-order chi connectivity index (χ0) is 11.1. The number of hydrogen-bond acceptors (Lipinski definition) is 5. The first kappa shape index (κ1) is 11.4. The van der Waals surface area contributed by atoms with Gasteiger partial charge in [-0.05, 0) is 19.4 Å². The summed E-state index contributed by atoms with van der Waals surface area (Å²) >= 11 is 0. The Bertz CT molecular complexity index is 348. The normalized spacial score (nSPS) is 9.67. The minimum absolute atomic E-state index is 0.147. The number of aromatic nitrogens is 2. The Morgan fingerprint density at radius 1 is 1.60 bits per heavy atom. The Balaban J connectivity index is 2.78. The van der Waals surface area contributed by atoms with Crippen LogP contribution in [0.3, 0.4) is 0 Å². The van der Waals surface area contributed by atoms with Crippen LogP contribution in [0.4, 0.5) is 5.95 Å². The molecule has 0 bridgehead atoms. The van der Waals surface area contributed by atoms with Gasteiger partial charge in [0.2, 0.25) is 5.95 Å². The van der Waals surface area contributed by atoms with E-state index in [0.717, 1.165) is 6.54 Å². The predicted octanol–water partition coefficient (Wildman–Crippen LogP) is 0.557. The smallest absolute Gasteiger partial charge is 0.226 e. The second kappa shape index (κ2) is 5.94. The van der Waals surface area contributed by atoms with Crippen LogP contribution in [0.15, 0.2) is 12.3 Å². The molecule has 15 heavy (non-hydrogen) atoms. The summed E-state index contributed by atoms with van der Waals surface area (Å²) in [5, 5.41) is 17.4. The largest absolute Gasteiger partial charge is 0.396 e. The lowest BCUT2D eigenvalue weighted by atomic mass is 10.4. The highest BCUT2D eigenvalue weighted by atomic mass is 16.3. The first-order valence-electron chi connectivity index (χ1n) is 4.90. The number of aliphatic hydroxyl groups excluding tert-OH is 1. The lowest BCUT2D eigenvalue weighted by Gasteiger charge is -2.19. The Hall–Kier alpha value is -1.67. The summed E-state index contributed by atoms with van der Waals surface area (Å²) in [7, 11) is 0. The molecular weight excluding hydrogens is 192 g/mol. The van der Waals surface area contributed by atoms with Crippen LogP contribution >= 0.6 is 0 Å². The molecule has 0 fully saturated rings. The van der Waals surface area contributed by atoms with E-state index in [1.165, 1.54) is 0 Å². The van der Waals surface area contributed by atoms with Crippen LogP contribution in [0.25, 0.3) is 0 Å². The third-order valence-electron chi connectivity index (χ3n) is 2.01. The van der Waals surface area contributed by atoms with Crippen LogP contribution in [0.2, 0.25) is 0 Å². The van der Waals surface area contributed by atoms with Crippen molar-refractivity contribution in [2.24, 2.45) is 0 Å². The van der Waals surface area contributed by atoms with Crippen molar-refractivity contribution in [2.45, 2.75) is 13.3 Å². The molecular formula is C10H14N4O. The molecule has 5 nitrogen and oxygen atoms in total. The summed E-state index contributed by atoms with van der Waals surface area (Å²) in [6.45, 7) is 3.59. The third-order valence-corrected chi connectivity index (χ3v) is 2.01. The summed E-state index contributed by atoms with van der Waals surface area (Å²) in [6.07, 6.45) is 2.25. The standard InChI is InChI=1S/C10H14N4O/c1-2-14(6-3-7-15)10-12-5-4-9(8-11)13-10/h4-5,15H,2-3,6-7H2,1H3. The number of nitrogens with zero attached hydrogens (tertiary/aromatic N) is 4. The van der Waals surface area contributed by atoms with Gasteiger partial charge in [-0.15, -0.1) is 0 Å². The topological polar surface area (TPSA) is 73.0 Å². The van der Waals surface area contributed by atoms with Gasteiger partial charge in [-0.2, -0.15) is 5.26 Å². The second-order valence-electron chi connectivity index (χ2n) is 3.01. The highest BCUT2D eigenvalue weighted by Gasteiger charge is 2.07. The van der Waals surface area contributed by atoms with Gasteiger partial charge in [-0.1, -0.05) is 0 Å². The molecule has 80 valence electrons. The van der Waals surface area contributed by atoms with Gasteiger partial charge in [0, 0.05) is 25.9 Å². The second-order valence-corrected chi connectivity index (χ2v) is 3.01. The zero-order valence-corrected chi connectivity index (χ0v) is 8.72. The number of aliphatic hydroxyl groups is 1. The molecule has 0 saturated carbocycles. The molecule has 0 atom stereocenters. The van der Waals surface area contributed by atoms with Crippen LogP contribution in [-0.2, 0) is 0 Å².